The average molecular weight is 329 g/mol. The van der Waals surface area contributed by atoms with Crippen molar-refractivity contribution in [1.82, 2.24) is 5.32 Å². The fourth-order valence-corrected chi connectivity index (χ4v) is 2.69. The van der Waals surface area contributed by atoms with E-state index in [4.69, 9.17) is 28.3 Å². The number of benzene rings is 1. The number of carbonyl (C=O) groups excluding carboxylic acids is 1. The summed E-state index contributed by atoms with van der Waals surface area (Å²) in [7, 11) is -4.06. The zero-order valence-corrected chi connectivity index (χ0v) is 11.9. The molecule has 0 saturated heterocycles. The number of hydrogen-bond acceptors (Lipinski definition) is 3. The molecule has 5 nitrogen and oxygen atoms in total. The molecule has 9 heteroatoms. The molecule has 0 aliphatic rings. The number of sulfonamides is 1. The van der Waals surface area contributed by atoms with Crippen molar-refractivity contribution >= 4 is 39.1 Å². The molecule has 3 N–H and O–H groups in total. The second-order valence-electron chi connectivity index (χ2n) is 3.61. The van der Waals surface area contributed by atoms with Crippen LogP contribution < -0.4 is 10.5 Å². The maximum atomic E-state index is 11.9. The van der Waals surface area contributed by atoms with Crippen LogP contribution in [0.25, 0.3) is 0 Å². The Morgan fingerprint density at radius 1 is 1.32 bits per heavy atom. The molecule has 0 fully saturated rings. The Morgan fingerprint density at radius 3 is 2.47 bits per heavy atom. The van der Waals surface area contributed by atoms with Gasteiger partial charge in [0.25, 0.3) is 5.91 Å². The Bertz CT molecular complexity index is 593. The second kappa shape index (κ2) is 6.51. The predicted molar refractivity (Wildman–Crippen MR) is 70.8 cm³/mol. The molecular formula is C10H11Cl2FN2O3S. The van der Waals surface area contributed by atoms with Crippen LogP contribution in [0.4, 0.5) is 4.39 Å². The van der Waals surface area contributed by atoms with E-state index in [1.807, 2.05) is 0 Å². The summed E-state index contributed by atoms with van der Waals surface area (Å²) in [5.74, 6) is -0.625. The summed E-state index contributed by atoms with van der Waals surface area (Å²) >= 11 is 11.5. The lowest BCUT2D eigenvalue weighted by molar-refractivity contribution is 0.0952. The first-order valence-corrected chi connectivity index (χ1v) is 7.43. The summed E-state index contributed by atoms with van der Waals surface area (Å²) in [6, 6.07) is 2.11. The number of amides is 1. The van der Waals surface area contributed by atoms with Gasteiger partial charge in [0.05, 0.1) is 22.3 Å². The van der Waals surface area contributed by atoms with Crippen LogP contribution in [0.2, 0.25) is 10.0 Å². The minimum Gasteiger partial charge on any atom is -0.352 e. The van der Waals surface area contributed by atoms with E-state index in [1.54, 1.807) is 0 Å². The van der Waals surface area contributed by atoms with E-state index >= 15 is 0 Å². The van der Waals surface area contributed by atoms with Gasteiger partial charge in [-0.05, 0) is 18.6 Å². The van der Waals surface area contributed by atoms with Crippen LogP contribution in [0, 0.1) is 0 Å². The average Bonchev–Trinajstić information content (AvgIpc) is 2.27. The van der Waals surface area contributed by atoms with Crippen molar-refractivity contribution in [3.63, 3.8) is 0 Å². The van der Waals surface area contributed by atoms with Crippen molar-refractivity contribution in [2.45, 2.75) is 11.3 Å². The molecule has 1 aromatic carbocycles. The summed E-state index contributed by atoms with van der Waals surface area (Å²) in [6.07, 6.45) is 0.152. The summed E-state index contributed by atoms with van der Waals surface area (Å²) in [5, 5.41) is 7.17. The van der Waals surface area contributed by atoms with Gasteiger partial charge in [-0.25, -0.2) is 13.6 Å². The van der Waals surface area contributed by atoms with Crippen LogP contribution in [0.3, 0.4) is 0 Å². The van der Waals surface area contributed by atoms with Gasteiger partial charge in [0, 0.05) is 6.54 Å². The largest absolute Gasteiger partial charge is 0.352 e. The number of rotatable bonds is 5. The Labute approximate surface area is 119 Å². The lowest BCUT2D eigenvalue weighted by atomic mass is 10.2. The Kier molecular flexibility index (Phi) is 5.54. The molecule has 1 amide bonds. The van der Waals surface area contributed by atoms with Crippen molar-refractivity contribution in [2.24, 2.45) is 5.14 Å². The van der Waals surface area contributed by atoms with Crippen LogP contribution in [-0.4, -0.2) is 27.5 Å². The van der Waals surface area contributed by atoms with E-state index in [0.29, 0.717) is 0 Å². The van der Waals surface area contributed by atoms with Gasteiger partial charge >= 0.3 is 0 Å². The van der Waals surface area contributed by atoms with Gasteiger partial charge in [-0.15, -0.1) is 0 Å². The SMILES string of the molecule is NS(=O)(=O)c1cc(C(=O)NCCCF)c(Cl)cc1Cl. The number of alkyl halides is 1. The van der Waals surface area contributed by atoms with E-state index in [1.165, 1.54) is 0 Å². The Balaban J connectivity index is 3.11. The summed E-state index contributed by atoms with van der Waals surface area (Å²) in [4.78, 5) is 11.3. The zero-order valence-electron chi connectivity index (χ0n) is 9.62. The Morgan fingerprint density at radius 2 is 1.95 bits per heavy atom. The number of halogens is 3. The van der Waals surface area contributed by atoms with Crippen LogP contribution in [-0.2, 0) is 10.0 Å². The highest BCUT2D eigenvalue weighted by Gasteiger charge is 2.19. The van der Waals surface area contributed by atoms with Gasteiger partial charge in [0.1, 0.15) is 4.90 Å². The van der Waals surface area contributed by atoms with Crippen molar-refractivity contribution in [3.05, 3.63) is 27.7 Å². The highest BCUT2D eigenvalue weighted by molar-refractivity contribution is 7.89. The molecule has 0 bridgehead atoms. The van der Waals surface area contributed by atoms with Crippen LogP contribution in [0.5, 0.6) is 0 Å². The first-order chi connectivity index (χ1) is 8.77. The number of nitrogens with one attached hydrogen (secondary N) is 1. The van der Waals surface area contributed by atoms with E-state index < -0.39 is 27.5 Å². The summed E-state index contributed by atoms with van der Waals surface area (Å²) in [6.45, 7) is -0.462. The molecule has 19 heavy (non-hydrogen) atoms. The Hall–Kier alpha value is -0.890. The van der Waals surface area contributed by atoms with Gasteiger partial charge in [-0.1, -0.05) is 23.2 Å². The van der Waals surface area contributed by atoms with Crippen LogP contribution >= 0.6 is 23.2 Å². The molecule has 0 heterocycles. The number of nitrogens with two attached hydrogens (primary N) is 1. The monoisotopic (exact) mass is 328 g/mol. The van der Waals surface area contributed by atoms with Gasteiger partial charge < -0.3 is 5.32 Å². The normalized spacial score (nSPS) is 11.4. The zero-order chi connectivity index (χ0) is 14.6. The molecule has 0 radical (unpaired) electrons. The molecule has 0 unspecified atom stereocenters. The molecule has 0 aliphatic carbocycles. The van der Waals surface area contributed by atoms with E-state index in [0.717, 1.165) is 12.1 Å². The number of primary sulfonamides is 1. The van der Waals surface area contributed by atoms with Gasteiger partial charge in [0.2, 0.25) is 10.0 Å². The smallest absolute Gasteiger partial charge is 0.252 e. The molecule has 0 spiro atoms. The second-order valence-corrected chi connectivity index (χ2v) is 5.95. The van der Waals surface area contributed by atoms with Crippen molar-refractivity contribution < 1.29 is 17.6 Å². The molecular weight excluding hydrogens is 318 g/mol. The van der Waals surface area contributed by atoms with E-state index in [9.17, 15) is 17.6 Å². The van der Waals surface area contributed by atoms with E-state index in [-0.39, 0.29) is 28.6 Å². The third-order valence-electron chi connectivity index (χ3n) is 2.17. The molecule has 0 aliphatic heterocycles. The molecule has 0 aromatic heterocycles. The molecule has 0 atom stereocenters. The standard InChI is InChI=1S/C10H11Cl2FN2O3S/c11-7-5-8(12)9(19(14,17)18)4-6(7)10(16)15-3-1-2-13/h4-5H,1-3H2,(H,15,16)(H2,14,17,18). The van der Waals surface area contributed by atoms with Crippen molar-refractivity contribution in [2.75, 3.05) is 13.2 Å². The first-order valence-electron chi connectivity index (χ1n) is 5.13. The molecule has 0 saturated carbocycles. The summed E-state index contributed by atoms with van der Waals surface area (Å²) < 4.78 is 34.4. The third-order valence-corrected chi connectivity index (χ3v) is 3.86. The molecule has 1 aromatic rings. The minimum atomic E-state index is -4.06. The third kappa shape index (κ3) is 4.31. The highest BCUT2D eigenvalue weighted by atomic mass is 35.5. The maximum absolute atomic E-state index is 11.9. The van der Waals surface area contributed by atoms with Crippen LogP contribution in [0.1, 0.15) is 16.8 Å². The predicted octanol–water partition coefficient (Wildman–Crippen LogP) is 1.73. The van der Waals surface area contributed by atoms with Crippen molar-refractivity contribution in [1.29, 1.82) is 0 Å². The lowest BCUT2D eigenvalue weighted by Crippen LogP contribution is -2.25. The topological polar surface area (TPSA) is 89.3 Å². The van der Waals surface area contributed by atoms with Crippen LogP contribution in [0.15, 0.2) is 17.0 Å². The lowest BCUT2D eigenvalue weighted by Gasteiger charge is -2.09. The van der Waals surface area contributed by atoms with Gasteiger partial charge in [-0.3, -0.25) is 9.18 Å². The fraction of sp³-hybridized carbons (Fsp3) is 0.300. The minimum absolute atomic E-state index is 0.0184. The summed E-state index contributed by atoms with van der Waals surface area (Å²) in [5.41, 5.74) is -0.0889. The fourth-order valence-electron chi connectivity index (χ4n) is 1.29. The van der Waals surface area contributed by atoms with Gasteiger partial charge in [-0.2, -0.15) is 0 Å². The van der Waals surface area contributed by atoms with Gasteiger partial charge in [0.15, 0.2) is 0 Å². The van der Waals surface area contributed by atoms with Crippen molar-refractivity contribution in [3.8, 4) is 0 Å². The quantitative estimate of drug-likeness (QED) is 0.806. The number of carbonyl (C=O) groups is 1. The molecule has 1 rings (SSSR count). The first kappa shape index (κ1) is 16.2. The molecule has 106 valence electrons. The van der Waals surface area contributed by atoms with E-state index in [2.05, 4.69) is 5.32 Å². The maximum Gasteiger partial charge on any atom is 0.252 e. The highest BCUT2D eigenvalue weighted by Crippen LogP contribution is 2.27. The number of hydrogen-bond donors (Lipinski definition) is 2.